The summed E-state index contributed by atoms with van der Waals surface area (Å²) >= 11 is 0. The normalized spacial score (nSPS) is 16.4. The molecule has 1 aliphatic heterocycles. The Morgan fingerprint density at radius 1 is 1.00 bits per heavy atom. The molecule has 1 aromatic heterocycles. The van der Waals surface area contributed by atoms with Gasteiger partial charge >= 0.3 is 5.69 Å². The molecule has 1 N–H and O–H groups in total. The SMILES string of the molecule is Cn1c(C(=O)NC[C@H](c2ccccc2)N2CCCCCC2)cc(=O)n(C)c1=O. The Balaban J connectivity index is 1.81. The van der Waals surface area contributed by atoms with Gasteiger partial charge in [-0.25, -0.2) is 4.79 Å². The first-order valence-electron chi connectivity index (χ1n) is 9.83. The molecule has 1 saturated heterocycles. The fourth-order valence-corrected chi connectivity index (χ4v) is 3.77. The van der Waals surface area contributed by atoms with Gasteiger partial charge in [0, 0.05) is 26.7 Å². The van der Waals surface area contributed by atoms with Crippen molar-refractivity contribution >= 4 is 5.91 Å². The highest BCUT2D eigenvalue weighted by atomic mass is 16.2. The zero-order valence-electron chi connectivity index (χ0n) is 16.6. The minimum atomic E-state index is -0.509. The highest BCUT2D eigenvalue weighted by molar-refractivity contribution is 5.92. The molecule has 7 heteroatoms. The molecular weight excluding hydrogens is 356 g/mol. The number of nitrogens with zero attached hydrogens (tertiary/aromatic N) is 3. The van der Waals surface area contributed by atoms with Crippen LogP contribution in [0, 0.1) is 0 Å². The van der Waals surface area contributed by atoms with Gasteiger partial charge in [0.05, 0.1) is 6.04 Å². The van der Waals surface area contributed by atoms with Crippen molar-refractivity contribution in [3.05, 3.63) is 68.5 Å². The topological polar surface area (TPSA) is 76.3 Å². The maximum atomic E-state index is 12.7. The van der Waals surface area contributed by atoms with Crippen molar-refractivity contribution in [1.82, 2.24) is 19.4 Å². The Labute approximate surface area is 164 Å². The molecule has 1 atom stereocenters. The maximum absolute atomic E-state index is 12.7. The first-order chi connectivity index (χ1) is 13.5. The van der Waals surface area contributed by atoms with E-state index in [-0.39, 0.29) is 11.7 Å². The average Bonchev–Trinajstić information content (AvgIpc) is 2.99. The molecule has 0 bridgehead atoms. The van der Waals surface area contributed by atoms with E-state index in [2.05, 4.69) is 22.3 Å². The first-order valence-corrected chi connectivity index (χ1v) is 9.83. The van der Waals surface area contributed by atoms with E-state index in [0.717, 1.165) is 36.1 Å². The third-order valence-corrected chi connectivity index (χ3v) is 5.48. The van der Waals surface area contributed by atoms with Crippen LogP contribution in [-0.4, -0.2) is 39.6 Å². The highest BCUT2D eigenvalue weighted by Crippen LogP contribution is 2.23. The van der Waals surface area contributed by atoms with Crippen molar-refractivity contribution in [2.75, 3.05) is 19.6 Å². The van der Waals surface area contributed by atoms with Gasteiger partial charge in [-0.2, -0.15) is 0 Å². The van der Waals surface area contributed by atoms with Crippen LogP contribution >= 0.6 is 0 Å². The molecule has 28 heavy (non-hydrogen) atoms. The molecule has 1 amide bonds. The second-order valence-corrected chi connectivity index (χ2v) is 7.36. The van der Waals surface area contributed by atoms with E-state index in [1.54, 1.807) is 0 Å². The van der Waals surface area contributed by atoms with Gasteiger partial charge in [0.2, 0.25) is 0 Å². The molecule has 2 aromatic rings. The van der Waals surface area contributed by atoms with E-state index in [1.165, 1.54) is 37.6 Å². The zero-order chi connectivity index (χ0) is 20.1. The van der Waals surface area contributed by atoms with E-state index in [0.29, 0.717) is 6.54 Å². The average molecular weight is 384 g/mol. The number of benzene rings is 1. The third kappa shape index (κ3) is 4.42. The van der Waals surface area contributed by atoms with Crippen LogP contribution in [0.3, 0.4) is 0 Å². The summed E-state index contributed by atoms with van der Waals surface area (Å²) in [5.74, 6) is -0.409. The Hall–Kier alpha value is -2.67. The predicted molar refractivity (Wildman–Crippen MR) is 108 cm³/mol. The third-order valence-electron chi connectivity index (χ3n) is 5.48. The number of rotatable bonds is 5. The van der Waals surface area contributed by atoms with Crippen LogP contribution in [-0.2, 0) is 14.1 Å². The van der Waals surface area contributed by atoms with Crippen LogP contribution in [0.2, 0.25) is 0 Å². The van der Waals surface area contributed by atoms with Gasteiger partial charge < -0.3 is 5.32 Å². The number of carbonyl (C=O) groups is 1. The van der Waals surface area contributed by atoms with Crippen molar-refractivity contribution in [3.63, 3.8) is 0 Å². The molecule has 0 unspecified atom stereocenters. The summed E-state index contributed by atoms with van der Waals surface area (Å²) in [6, 6.07) is 11.4. The Morgan fingerprint density at radius 3 is 2.29 bits per heavy atom. The maximum Gasteiger partial charge on any atom is 0.331 e. The van der Waals surface area contributed by atoms with Crippen molar-refractivity contribution < 1.29 is 4.79 Å². The summed E-state index contributed by atoms with van der Waals surface area (Å²) < 4.78 is 2.20. The number of hydrogen-bond acceptors (Lipinski definition) is 4. The van der Waals surface area contributed by atoms with Gasteiger partial charge in [-0.15, -0.1) is 0 Å². The minimum Gasteiger partial charge on any atom is -0.349 e. The second-order valence-electron chi connectivity index (χ2n) is 7.36. The molecule has 0 saturated carbocycles. The summed E-state index contributed by atoms with van der Waals surface area (Å²) in [6.45, 7) is 2.42. The fourth-order valence-electron chi connectivity index (χ4n) is 3.77. The number of nitrogens with one attached hydrogen (secondary N) is 1. The summed E-state index contributed by atoms with van der Waals surface area (Å²) in [5, 5.41) is 2.94. The van der Waals surface area contributed by atoms with Crippen molar-refractivity contribution in [2.45, 2.75) is 31.7 Å². The first kappa shape index (κ1) is 20.1. The quantitative estimate of drug-likeness (QED) is 0.846. The lowest BCUT2D eigenvalue weighted by Crippen LogP contribution is -2.43. The number of aromatic nitrogens is 2. The summed E-state index contributed by atoms with van der Waals surface area (Å²) in [6.07, 6.45) is 4.78. The van der Waals surface area contributed by atoms with Crippen LogP contribution in [0.1, 0.15) is 47.8 Å². The Bertz CT molecular complexity index is 925. The van der Waals surface area contributed by atoms with Crippen LogP contribution in [0.5, 0.6) is 0 Å². The molecule has 2 heterocycles. The van der Waals surface area contributed by atoms with Crippen LogP contribution in [0.15, 0.2) is 46.0 Å². The van der Waals surface area contributed by atoms with E-state index in [9.17, 15) is 14.4 Å². The standard InChI is InChI=1S/C21H28N4O3/c1-23-17(14-19(26)24(2)21(23)28)20(27)22-15-18(16-10-6-5-7-11-16)25-12-8-3-4-9-13-25/h5-7,10-11,14,18H,3-4,8-9,12-13,15H2,1-2H3,(H,22,27)/t18-/m1/s1. The molecule has 3 rings (SSSR count). The molecule has 1 aromatic carbocycles. The van der Waals surface area contributed by atoms with Gasteiger partial charge in [-0.1, -0.05) is 43.2 Å². The molecule has 0 aliphatic carbocycles. The molecule has 7 nitrogen and oxygen atoms in total. The van der Waals surface area contributed by atoms with E-state index in [4.69, 9.17) is 0 Å². The number of carbonyl (C=O) groups excluding carboxylic acids is 1. The molecule has 0 spiro atoms. The minimum absolute atomic E-state index is 0.0619. The van der Waals surface area contributed by atoms with E-state index < -0.39 is 17.2 Å². The summed E-state index contributed by atoms with van der Waals surface area (Å²) in [4.78, 5) is 39.2. The lowest BCUT2D eigenvalue weighted by Gasteiger charge is -2.31. The molecular formula is C21H28N4O3. The largest absolute Gasteiger partial charge is 0.349 e. The summed E-state index contributed by atoms with van der Waals surface area (Å²) in [5.41, 5.74) is 0.239. The van der Waals surface area contributed by atoms with Gasteiger partial charge in [0.1, 0.15) is 5.69 Å². The highest BCUT2D eigenvalue weighted by Gasteiger charge is 2.23. The van der Waals surface area contributed by atoms with Crippen LogP contribution in [0.4, 0.5) is 0 Å². The predicted octanol–water partition coefficient (Wildman–Crippen LogP) is 1.43. The lowest BCUT2D eigenvalue weighted by atomic mass is 10.0. The molecule has 0 radical (unpaired) electrons. The molecule has 1 aliphatic rings. The smallest absolute Gasteiger partial charge is 0.331 e. The van der Waals surface area contributed by atoms with Crippen LogP contribution < -0.4 is 16.6 Å². The van der Waals surface area contributed by atoms with Crippen molar-refractivity contribution in [2.24, 2.45) is 14.1 Å². The van der Waals surface area contributed by atoms with E-state index >= 15 is 0 Å². The van der Waals surface area contributed by atoms with Gasteiger partial charge in [-0.3, -0.25) is 23.6 Å². The van der Waals surface area contributed by atoms with Gasteiger partial charge in [-0.05, 0) is 31.5 Å². The monoisotopic (exact) mass is 384 g/mol. The number of likely N-dealkylation sites (tertiary alicyclic amines) is 1. The van der Waals surface area contributed by atoms with Crippen molar-refractivity contribution in [3.8, 4) is 0 Å². The van der Waals surface area contributed by atoms with Crippen molar-refractivity contribution in [1.29, 1.82) is 0 Å². The fraction of sp³-hybridized carbons (Fsp3) is 0.476. The molecule has 1 fully saturated rings. The Kier molecular flexibility index (Phi) is 6.46. The lowest BCUT2D eigenvalue weighted by molar-refractivity contribution is 0.0923. The molecule has 150 valence electrons. The van der Waals surface area contributed by atoms with Gasteiger partial charge in [0.15, 0.2) is 0 Å². The summed E-state index contributed by atoms with van der Waals surface area (Å²) in [7, 11) is 2.90. The zero-order valence-corrected chi connectivity index (χ0v) is 16.6. The number of hydrogen-bond donors (Lipinski definition) is 1. The second kappa shape index (κ2) is 9.01. The Morgan fingerprint density at radius 2 is 1.64 bits per heavy atom. The number of amides is 1. The van der Waals surface area contributed by atoms with E-state index in [1.807, 2.05) is 18.2 Å². The van der Waals surface area contributed by atoms with Gasteiger partial charge in [0.25, 0.3) is 11.5 Å². The van der Waals surface area contributed by atoms with Crippen LogP contribution in [0.25, 0.3) is 0 Å².